The van der Waals surface area contributed by atoms with Gasteiger partial charge in [-0.05, 0) is 67.5 Å². The van der Waals surface area contributed by atoms with Crippen LogP contribution in [-0.4, -0.2) is 10.1 Å². The van der Waals surface area contributed by atoms with Crippen LogP contribution in [0, 0.1) is 0 Å². The maximum atomic E-state index is 9.59. The van der Waals surface area contributed by atoms with Gasteiger partial charge in [0.1, 0.15) is 5.75 Å². The third kappa shape index (κ3) is 2.83. The molecule has 0 spiro atoms. The van der Waals surface area contributed by atoms with E-state index in [9.17, 15) is 5.11 Å². The Morgan fingerprint density at radius 3 is 2.70 bits per heavy atom. The molecule has 0 fully saturated rings. The molecule has 3 heteroatoms. The highest BCUT2D eigenvalue weighted by atomic mass is 16.5. The number of hydrogen-bond acceptors (Lipinski definition) is 3. The fraction of sp³-hybridized carbons (Fsp3) is 0.353. The van der Waals surface area contributed by atoms with Gasteiger partial charge in [0.15, 0.2) is 0 Å². The number of nitrogens with zero attached hydrogens (tertiary/aromatic N) is 1. The van der Waals surface area contributed by atoms with E-state index in [1.54, 1.807) is 25.3 Å². The van der Waals surface area contributed by atoms with E-state index in [0.717, 1.165) is 17.7 Å². The monoisotopic (exact) mass is 269 g/mol. The average molecular weight is 269 g/mol. The standard InChI is InChI=1S/C17H19NO2/c1-12(19)14-8-9-18-17(11-14)20-16-7-6-13-4-2-3-5-15(13)10-16/h6-12,19H,2-5H2,1H3/t12-/m1/s1. The molecule has 104 valence electrons. The number of pyridine rings is 1. The maximum Gasteiger partial charge on any atom is 0.219 e. The highest BCUT2D eigenvalue weighted by Gasteiger charge is 2.11. The molecule has 3 rings (SSSR count). The van der Waals surface area contributed by atoms with Gasteiger partial charge >= 0.3 is 0 Å². The summed E-state index contributed by atoms with van der Waals surface area (Å²) < 4.78 is 5.81. The first-order valence-corrected chi connectivity index (χ1v) is 7.16. The summed E-state index contributed by atoms with van der Waals surface area (Å²) in [7, 11) is 0. The van der Waals surface area contributed by atoms with Gasteiger partial charge in [0.05, 0.1) is 6.10 Å². The molecule has 3 nitrogen and oxygen atoms in total. The maximum absolute atomic E-state index is 9.59. The van der Waals surface area contributed by atoms with Crippen molar-refractivity contribution >= 4 is 0 Å². The van der Waals surface area contributed by atoms with Crippen LogP contribution in [0.25, 0.3) is 0 Å². The molecule has 0 amide bonds. The molecule has 0 bridgehead atoms. The molecular weight excluding hydrogens is 250 g/mol. The summed E-state index contributed by atoms with van der Waals surface area (Å²) in [4.78, 5) is 4.20. The molecule has 0 unspecified atom stereocenters. The van der Waals surface area contributed by atoms with E-state index in [2.05, 4.69) is 17.1 Å². The quantitative estimate of drug-likeness (QED) is 0.921. The molecule has 1 aromatic heterocycles. The van der Waals surface area contributed by atoms with Crippen LogP contribution in [0.5, 0.6) is 11.6 Å². The van der Waals surface area contributed by atoms with Gasteiger partial charge in [-0.25, -0.2) is 4.98 Å². The second kappa shape index (κ2) is 5.63. The van der Waals surface area contributed by atoms with Crippen LogP contribution < -0.4 is 4.74 Å². The van der Waals surface area contributed by atoms with Crippen LogP contribution >= 0.6 is 0 Å². The lowest BCUT2D eigenvalue weighted by Crippen LogP contribution is -2.02. The van der Waals surface area contributed by atoms with Crippen LogP contribution in [0.4, 0.5) is 0 Å². The SMILES string of the molecule is C[C@@H](O)c1ccnc(Oc2ccc3c(c2)CCCC3)c1. The third-order valence-corrected chi connectivity index (χ3v) is 3.78. The Labute approximate surface area is 119 Å². The van der Waals surface area contributed by atoms with E-state index in [-0.39, 0.29) is 0 Å². The molecule has 2 aromatic rings. The number of aliphatic hydroxyl groups is 1. The van der Waals surface area contributed by atoms with Crippen molar-refractivity contribution < 1.29 is 9.84 Å². The Balaban J connectivity index is 1.82. The summed E-state index contributed by atoms with van der Waals surface area (Å²) in [5.74, 6) is 1.35. The largest absolute Gasteiger partial charge is 0.439 e. The van der Waals surface area contributed by atoms with Gasteiger partial charge in [0.2, 0.25) is 5.88 Å². The molecule has 1 aliphatic carbocycles. The molecule has 1 heterocycles. The fourth-order valence-corrected chi connectivity index (χ4v) is 2.63. The van der Waals surface area contributed by atoms with Crippen molar-refractivity contribution in [3.8, 4) is 11.6 Å². The van der Waals surface area contributed by atoms with Crippen LogP contribution in [0.15, 0.2) is 36.5 Å². The topological polar surface area (TPSA) is 42.4 Å². The molecule has 1 atom stereocenters. The zero-order chi connectivity index (χ0) is 13.9. The summed E-state index contributed by atoms with van der Waals surface area (Å²) in [5.41, 5.74) is 3.64. The second-order valence-corrected chi connectivity index (χ2v) is 5.34. The predicted molar refractivity (Wildman–Crippen MR) is 78.0 cm³/mol. The first-order chi connectivity index (χ1) is 9.72. The number of aromatic nitrogens is 1. The van der Waals surface area contributed by atoms with Crippen molar-refractivity contribution in [3.63, 3.8) is 0 Å². The Morgan fingerprint density at radius 2 is 1.90 bits per heavy atom. The van der Waals surface area contributed by atoms with E-state index in [1.165, 1.54) is 30.4 Å². The highest BCUT2D eigenvalue weighted by molar-refractivity contribution is 5.39. The van der Waals surface area contributed by atoms with Crippen molar-refractivity contribution in [2.24, 2.45) is 0 Å². The van der Waals surface area contributed by atoms with Gasteiger partial charge < -0.3 is 9.84 Å². The van der Waals surface area contributed by atoms with Gasteiger partial charge in [-0.15, -0.1) is 0 Å². The third-order valence-electron chi connectivity index (χ3n) is 3.78. The summed E-state index contributed by atoms with van der Waals surface area (Å²) in [6.07, 6.45) is 6.00. The smallest absolute Gasteiger partial charge is 0.219 e. The van der Waals surface area contributed by atoms with Crippen molar-refractivity contribution in [2.75, 3.05) is 0 Å². The van der Waals surface area contributed by atoms with Crippen LogP contribution in [0.3, 0.4) is 0 Å². The summed E-state index contributed by atoms with van der Waals surface area (Å²) in [6, 6.07) is 9.85. The number of rotatable bonds is 3. The Morgan fingerprint density at radius 1 is 1.10 bits per heavy atom. The lowest BCUT2D eigenvalue weighted by atomic mass is 9.92. The van der Waals surface area contributed by atoms with Crippen molar-refractivity contribution in [2.45, 2.75) is 38.7 Å². The minimum absolute atomic E-state index is 0.510. The van der Waals surface area contributed by atoms with Crippen molar-refractivity contribution in [3.05, 3.63) is 53.2 Å². The van der Waals surface area contributed by atoms with E-state index in [0.29, 0.717) is 5.88 Å². The highest BCUT2D eigenvalue weighted by Crippen LogP contribution is 2.28. The average Bonchev–Trinajstić information content (AvgIpc) is 2.47. The van der Waals surface area contributed by atoms with Gasteiger partial charge in [0.25, 0.3) is 0 Å². The molecule has 1 N–H and O–H groups in total. The normalized spacial score (nSPS) is 15.5. The molecule has 1 aliphatic rings. The molecular formula is C17H19NO2. The van der Waals surface area contributed by atoms with E-state index < -0.39 is 6.10 Å². The molecule has 0 saturated heterocycles. The number of hydrogen-bond donors (Lipinski definition) is 1. The summed E-state index contributed by atoms with van der Waals surface area (Å²) in [5, 5.41) is 9.59. The fourth-order valence-electron chi connectivity index (χ4n) is 2.63. The van der Waals surface area contributed by atoms with Crippen LogP contribution in [-0.2, 0) is 12.8 Å². The lowest BCUT2D eigenvalue weighted by Gasteiger charge is -2.16. The van der Waals surface area contributed by atoms with Gasteiger partial charge in [-0.1, -0.05) is 6.07 Å². The van der Waals surface area contributed by atoms with Gasteiger partial charge in [-0.3, -0.25) is 0 Å². The van der Waals surface area contributed by atoms with Crippen LogP contribution in [0.1, 0.15) is 42.6 Å². The number of fused-ring (bicyclic) bond motifs is 1. The van der Waals surface area contributed by atoms with Crippen molar-refractivity contribution in [1.82, 2.24) is 4.98 Å². The summed E-state index contributed by atoms with van der Waals surface area (Å²) >= 11 is 0. The predicted octanol–water partition coefficient (Wildman–Crippen LogP) is 3.81. The zero-order valence-electron chi connectivity index (χ0n) is 11.7. The van der Waals surface area contributed by atoms with E-state index in [4.69, 9.17) is 4.74 Å². The Kier molecular flexibility index (Phi) is 3.70. The number of ether oxygens (including phenoxy) is 1. The number of aryl methyl sites for hydroxylation is 2. The first kappa shape index (κ1) is 13.1. The number of benzene rings is 1. The van der Waals surface area contributed by atoms with E-state index in [1.807, 2.05) is 6.07 Å². The van der Waals surface area contributed by atoms with Crippen LogP contribution in [0.2, 0.25) is 0 Å². The zero-order valence-corrected chi connectivity index (χ0v) is 11.7. The van der Waals surface area contributed by atoms with Gasteiger partial charge in [0, 0.05) is 12.3 Å². The molecule has 1 aromatic carbocycles. The molecule has 0 saturated carbocycles. The minimum Gasteiger partial charge on any atom is -0.439 e. The molecule has 20 heavy (non-hydrogen) atoms. The minimum atomic E-state index is -0.510. The van der Waals surface area contributed by atoms with Gasteiger partial charge in [-0.2, -0.15) is 0 Å². The number of aliphatic hydroxyl groups excluding tert-OH is 1. The first-order valence-electron chi connectivity index (χ1n) is 7.16. The van der Waals surface area contributed by atoms with E-state index >= 15 is 0 Å². The Bertz CT molecular complexity index is 608. The summed E-state index contributed by atoms with van der Waals surface area (Å²) in [6.45, 7) is 1.73. The van der Waals surface area contributed by atoms with Crippen molar-refractivity contribution in [1.29, 1.82) is 0 Å². The lowest BCUT2D eigenvalue weighted by molar-refractivity contribution is 0.198. The second-order valence-electron chi connectivity index (χ2n) is 5.34. The Hall–Kier alpha value is -1.87. The molecule has 0 radical (unpaired) electrons. The molecule has 0 aliphatic heterocycles.